The molecule has 6 nitrogen and oxygen atoms in total. The largest absolute Gasteiger partial charge is 0.340 e. The number of amides is 2. The third kappa shape index (κ3) is 6.45. The van der Waals surface area contributed by atoms with Gasteiger partial charge >= 0.3 is 0 Å². The predicted molar refractivity (Wildman–Crippen MR) is 106 cm³/mol. The van der Waals surface area contributed by atoms with Crippen LogP contribution in [0.5, 0.6) is 0 Å². The molecule has 0 aromatic heterocycles. The van der Waals surface area contributed by atoms with Crippen LogP contribution in [-0.4, -0.2) is 67.4 Å². The highest BCUT2D eigenvalue weighted by Gasteiger charge is 2.26. The van der Waals surface area contributed by atoms with E-state index in [4.69, 9.17) is 0 Å². The summed E-state index contributed by atoms with van der Waals surface area (Å²) in [6.45, 7) is 5.71. The highest BCUT2D eigenvalue weighted by atomic mass is 35.5. The fourth-order valence-corrected chi connectivity index (χ4v) is 3.56. The number of rotatable bonds is 5. The quantitative estimate of drug-likeness (QED) is 0.792. The lowest BCUT2D eigenvalue weighted by molar-refractivity contribution is -0.132. The van der Waals surface area contributed by atoms with E-state index >= 15 is 0 Å². The number of nitrogens with one attached hydrogen (secondary N) is 2. The summed E-state index contributed by atoms with van der Waals surface area (Å²) in [5, 5.41) is 6.04. The summed E-state index contributed by atoms with van der Waals surface area (Å²) in [6.07, 6.45) is 2.08. The van der Waals surface area contributed by atoms with Gasteiger partial charge in [0.25, 0.3) is 0 Å². The van der Waals surface area contributed by atoms with Gasteiger partial charge in [0.15, 0.2) is 0 Å². The molecule has 8 heteroatoms. The van der Waals surface area contributed by atoms with E-state index in [0.29, 0.717) is 12.1 Å². The van der Waals surface area contributed by atoms with Crippen LogP contribution in [0.1, 0.15) is 19.3 Å². The van der Waals surface area contributed by atoms with Crippen molar-refractivity contribution < 1.29 is 14.0 Å². The average molecular weight is 399 g/mol. The first-order valence-corrected chi connectivity index (χ1v) is 9.39. The molecule has 2 N–H and O–H groups in total. The minimum Gasteiger partial charge on any atom is -0.340 e. The molecule has 2 fully saturated rings. The van der Waals surface area contributed by atoms with Gasteiger partial charge in [-0.05, 0) is 44.1 Å². The molecule has 0 unspecified atom stereocenters. The van der Waals surface area contributed by atoms with E-state index in [9.17, 15) is 14.0 Å². The van der Waals surface area contributed by atoms with Gasteiger partial charge in [-0.1, -0.05) is 6.07 Å². The van der Waals surface area contributed by atoms with Crippen molar-refractivity contribution in [1.29, 1.82) is 0 Å². The van der Waals surface area contributed by atoms with Crippen LogP contribution in [0.25, 0.3) is 0 Å². The van der Waals surface area contributed by atoms with Gasteiger partial charge < -0.3 is 20.4 Å². The Morgan fingerprint density at radius 1 is 1.15 bits per heavy atom. The minimum absolute atomic E-state index is 0. The van der Waals surface area contributed by atoms with Crippen LogP contribution in [0, 0.1) is 11.7 Å². The van der Waals surface area contributed by atoms with E-state index in [0.717, 1.165) is 58.7 Å². The van der Waals surface area contributed by atoms with Crippen molar-refractivity contribution in [2.75, 3.05) is 51.1 Å². The van der Waals surface area contributed by atoms with Crippen LogP contribution in [0.4, 0.5) is 10.1 Å². The Morgan fingerprint density at radius 3 is 2.52 bits per heavy atom. The Labute approximate surface area is 165 Å². The SMILES string of the molecule is Cl.O=C(Nc1cccc(F)c1)C1CCN(CCC(=O)N2CCNCC2)CC1. The molecule has 3 rings (SSSR count). The molecule has 2 aliphatic rings. The molecular weight excluding hydrogens is 371 g/mol. The molecule has 1 aromatic carbocycles. The van der Waals surface area contributed by atoms with Gasteiger partial charge in [-0.25, -0.2) is 4.39 Å². The third-order valence-electron chi connectivity index (χ3n) is 5.16. The van der Waals surface area contributed by atoms with E-state index in [1.54, 1.807) is 12.1 Å². The number of likely N-dealkylation sites (tertiary alicyclic amines) is 1. The Balaban J connectivity index is 0.00000261. The van der Waals surface area contributed by atoms with Crippen LogP contribution < -0.4 is 10.6 Å². The molecule has 2 aliphatic heterocycles. The zero-order valence-corrected chi connectivity index (χ0v) is 16.3. The molecule has 0 atom stereocenters. The number of piperidine rings is 1. The van der Waals surface area contributed by atoms with Crippen molar-refractivity contribution in [3.8, 4) is 0 Å². The maximum atomic E-state index is 13.2. The number of anilines is 1. The van der Waals surface area contributed by atoms with Crippen LogP contribution in [0.2, 0.25) is 0 Å². The summed E-state index contributed by atoms with van der Waals surface area (Å²) in [4.78, 5) is 28.7. The first-order chi connectivity index (χ1) is 12.6. The van der Waals surface area contributed by atoms with Crippen molar-refractivity contribution in [2.24, 2.45) is 5.92 Å². The predicted octanol–water partition coefficient (Wildman–Crippen LogP) is 1.72. The second-order valence-electron chi connectivity index (χ2n) is 7.00. The first kappa shape index (κ1) is 21.6. The van der Waals surface area contributed by atoms with Crippen LogP contribution in [-0.2, 0) is 9.59 Å². The molecule has 1 aromatic rings. The number of piperazine rings is 1. The number of nitrogens with zero attached hydrogens (tertiary/aromatic N) is 2. The van der Waals surface area contributed by atoms with E-state index < -0.39 is 0 Å². The number of halogens is 2. The molecule has 0 spiro atoms. The van der Waals surface area contributed by atoms with Gasteiger partial charge in [0.05, 0.1) is 0 Å². The lowest BCUT2D eigenvalue weighted by Crippen LogP contribution is -2.47. The van der Waals surface area contributed by atoms with Gasteiger partial charge in [0.2, 0.25) is 11.8 Å². The molecule has 150 valence electrons. The monoisotopic (exact) mass is 398 g/mol. The smallest absolute Gasteiger partial charge is 0.227 e. The fraction of sp³-hybridized carbons (Fsp3) is 0.579. The maximum absolute atomic E-state index is 13.2. The molecule has 2 heterocycles. The minimum atomic E-state index is -0.355. The molecule has 0 radical (unpaired) electrons. The molecule has 2 saturated heterocycles. The van der Waals surface area contributed by atoms with Crippen LogP contribution in [0.3, 0.4) is 0 Å². The lowest BCUT2D eigenvalue weighted by Gasteiger charge is -2.32. The number of carbonyl (C=O) groups is 2. The number of benzene rings is 1. The highest BCUT2D eigenvalue weighted by molar-refractivity contribution is 5.92. The van der Waals surface area contributed by atoms with E-state index in [-0.39, 0.29) is 36.0 Å². The van der Waals surface area contributed by atoms with Crippen LogP contribution >= 0.6 is 12.4 Å². The third-order valence-corrected chi connectivity index (χ3v) is 5.16. The topological polar surface area (TPSA) is 64.7 Å². The van der Waals surface area contributed by atoms with Gasteiger partial charge in [0, 0.05) is 50.7 Å². The lowest BCUT2D eigenvalue weighted by atomic mass is 9.95. The average Bonchev–Trinajstić information content (AvgIpc) is 2.67. The summed E-state index contributed by atoms with van der Waals surface area (Å²) >= 11 is 0. The summed E-state index contributed by atoms with van der Waals surface area (Å²) in [5.74, 6) is -0.241. The second-order valence-corrected chi connectivity index (χ2v) is 7.00. The van der Waals surface area contributed by atoms with Crippen molar-refractivity contribution in [3.63, 3.8) is 0 Å². The number of hydrogen-bond donors (Lipinski definition) is 2. The summed E-state index contributed by atoms with van der Waals surface area (Å²) in [5.41, 5.74) is 0.499. The summed E-state index contributed by atoms with van der Waals surface area (Å²) in [7, 11) is 0. The van der Waals surface area contributed by atoms with Crippen molar-refractivity contribution >= 4 is 29.9 Å². The number of hydrogen-bond acceptors (Lipinski definition) is 4. The zero-order valence-electron chi connectivity index (χ0n) is 15.5. The Hall–Kier alpha value is -1.70. The second kappa shape index (κ2) is 10.6. The standard InChI is InChI=1S/C19H27FN4O2.ClH/c20-16-2-1-3-17(14-16)22-19(26)15-4-9-23(10-5-15)11-6-18(25)24-12-7-21-8-13-24;/h1-3,14-15,21H,4-13H2,(H,22,26);1H. The maximum Gasteiger partial charge on any atom is 0.227 e. The zero-order chi connectivity index (χ0) is 18.4. The highest BCUT2D eigenvalue weighted by Crippen LogP contribution is 2.20. The Morgan fingerprint density at radius 2 is 1.85 bits per heavy atom. The van der Waals surface area contributed by atoms with Gasteiger partial charge in [-0.15, -0.1) is 12.4 Å². The normalized spacial score (nSPS) is 18.6. The Kier molecular flexibility index (Phi) is 8.47. The first-order valence-electron chi connectivity index (χ1n) is 9.39. The van der Waals surface area contributed by atoms with E-state index in [2.05, 4.69) is 15.5 Å². The van der Waals surface area contributed by atoms with Gasteiger partial charge in [0.1, 0.15) is 5.82 Å². The Bertz CT molecular complexity index is 632. The van der Waals surface area contributed by atoms with E-state index in [1.807, 2.05) is 4.90 Å². The fourth-order valence-electron chi connectivity index (χ4n) is 3.56. The number of carbonyl (C=O) groups excluding carboxylic acids is 2. The van der Waals surface area contributed by atoms with Crippen molar-refractivity contribution in [1.82, 2.24) is 15.1 Å². The summed E-state index contributed by atoms with van der Waals surface area (Å²) in [6, 6.07) is 5.96. The van der Waals surface area contributed by atoms with Crippen LogP contribution in [0.15, 0.2) is 24.3 Å². The molecule has 0 bridgehead atoms. The molecular formula is C19H28ClFN4O2. The molecule has 27 heavy (non-hydrogen) atoms. The van der Waals surface area contributed by atoms with Gasteiger partial charge in [-0.2, -0.15) is 0 Å². The molecule has 2 amide bonds. The molecule has 0 aliphatic carbocycles. The van der Waals surface area contributed by atoms with E-state index in [1.165, 1.54) is 12.1 Å². The molecule has 0 saturated carbocycles. The van der Waals surface area contributed by atoms with Crippen molar-refractivity contribution in [2.45, 2.75) is 19.3 Å². The summed E-state index contributed by atoms with van der Waals surface area (Å²) < 4.78 is 13.2. The van der Waals surface area contributed by atoms with Gasteiger partial charge in [-0.3, -0.25) is 9.59 Å². The van der Waals surface area contributed by atoms with Crippen molar-refractivity contribution in [3.05, 3.63) is 30.1 Å².